The third-order valence-electron chi connectivity index (χ3n) is 8.19. The van der Waals surface area contributed by atoms with E-state index >= 15 is 0 Å². The largest absolute Gasteiger partial charge is 0.496 e. The van der Waals surface area contributed by atoms with Gasteiger partial charge < -0.3 is 24.2 Å². The van der Waals surface area contributed by atoms with E-state index in [-0.39, 0.29) is 11.7 Å². The Balaban J connectivity index is 1.32. The molecule has 0 bridgehead atoms. The number of ketones is 1. The smallest absolute Gasteiger partial charge is 0.269 e. The van der Waals surface area contributed by atoms with E-state index in [1.54, 1.807) is 25.7 Å². The van der Waals surface area contributed by atoms with Crippen LogP contribution >= 0.6 is 0 Å². The molecule has 3 aromatic rings. The highest BCUT2D eigenvalue weighted by molar-refractivity contribution is 6.39. The van der Waals surface area contributed by atoms with Crippen LogP contribution in [0.3, 0.4) is 0 Å². The zero-order valence-corrected chi connectivity index (χ0v) is 24.1. The number of benzene rings is 1. The molecule has 10 nitrogen and oxygen atoms in total. The summed E-state index contributed by atoms with van der Waals surface area (Å²) in [6.45, 7) is 3.73. The van der Waals surface area contributed by atoms with E-state index in [0.29, 0.717) is 48.8 Å². The molecule has 0 aliphatic carbocycles. The molecule has 218 valence electrons. The fraction of sp³-hybridized carbons (Fsp3) is 0.516. The van der Waals surface area contributed by atoms with Gasteiger partial charge in [-0.05, 0) is 43.5 Å². The van der Waals surface area contributed by atoms with Gasteiger partial charge in [-0.2, -0.15) is 0 Å². The van der Waals surface area contributed by atoms with Crippen molar-refractivity contribution in [2.45, 2.75) is 76.4 Å². The van der Waals surface area contributed by atoms with Crippen LogP contribution in [0.1, 0.15) is 76.6 Å². The van der Waals surface area contributed by atoms with Crippen molar-refractivity contribution < 1.29 is 23.6 Å². The van der Waals surface area contributed by atoms with Crippen LogP contribution in [0.15, 0.2) is 46.4 Å². The van der Waals surface area contributed by atoms with Gasteiger partial charge >= 0.3 is 0 Å². The average molecular weight is 562 g/mol. The van der Waals surface area contributed by atoms with Crippen molar-refractivity contribution in [2.24, 2.45) is 5.16 Å². The molecule has 1 atom stereocenters. The van der Waals surface area contributed by atoms with Crippen LogP contribution in [0.5, 0.6) is 5.75 Å². The summed E-state index contributed by atoms with van der Waals surface area (Å²) in [5.74, 6) is 1.63. The standard InChI is InChI=1S/C31H39N5O5/c1-4-23(37)8-6-5-7-9-25(34-29(38)26-18-31(41-35-26)11-14-36(2)15-12-31)30-33-20-28(40-30)24-16-21-10-13-32-19-22(21)17-27(24)39-3/h10,13,16-17,19-20,25H,4-9,11-12,14-15,18H2,1-3H3,(H,34,38)/t25-/m0/s1. The molecule has 1 saturated heterocycles. The maximum atomic E-state index is 13.4. The summed E-state index contributed by atoms with van der Waals surface area (Å²) in [4.78, 5) is 42.0. The van der Waals surface area contributed by atoms with Gasteiger partial charge in [-0.25, -0.2) is 4.98 Å². The minimum atomic E-state index is -0.453. The van der Waals surface area contributed by atoms with Crippen molar-refractivity contribution in [3.63, 3.8) is 0 Å². The van der Waals surface area contributed by atoms with Crippen LogP contribution in [-0.4, -0.2) is 65.1 Å². The van der Waals surface area contributed by atoms with E-state index in [4.69, 9.17) is 14.0 Å². The highest BCUT2D eigenvalue weighted by atomic mass is 16.7. The number of oxazole rings is 1. The number of methoxy groups -OCH3 is 1. The molecule has 2 aliphatic heterocycles. The Hall–Kier alpha value is -3.79. The molecule has 0 saturated carbocycles. The van der Waals surface area contributed by atoms with Gasteiger partial charge in [0.1, 0.15) is 28.9 Å². The van der Waals surface area contributed by atoms with Gasteiger partial charge in [-0.3, -0.25) is 14.6 Å². The lowest BCUT2D eigenvalue weighted by atomic mass is 9.87. The first-order valence-electron chi connectivity index (χ1n) is 14.5. The van der Waals surface area contributed by atoms with Gasteiger partial charge in [-0.1, -0.05) is 24.9 Å². The zero-order valence-electron chi connectivity index (χ0n) is 24.1. The van der Waals surface area contributed by atoms with E-state index in [9.17, 15) is 9.59 Å². The number of nitrogens with one attached hydrogen (secondary N) is 1. The van der Waals surface area contributed by atoms with Crippen LogP contribution in [0.4, 0.5) is 0 Å². The van der Waals surface area contributed by atoms with Crippen molar-refractivity contribution in [2.75, 3.05) is 27.2 Å². The topological polar surface area (TPSA) is 119 Å². The summed E-state index contributed by atoms with van der Waals surface area (Å²) in [7, 11) is 3.71. The molecule has 1 aromatic carbocycles. The van der Waals surface area contributed by atoms with E-state index in [1.165, 1.54) is 0 Å². The van der Waals surface area contributed by atoms with Gasteiger partial charge in [0, 0.05) is 63.0 Å². The first kappa shape index (κ1) is 28.7. The molecule has 0 unspecified atom stereocenters. The van der Waals surface area contributed by atoms with Gasteiger partial charge in [0.25, 0.3) is 5.91 Å². The summed E-state index contributed by atoms with van der Waals surface area (Å²) >= 11 is 0. The molecule has 4 heterocycles. The number of aromatic nitrogens is 2. The number of hydrogen-bond acceptors (Lipinski definition) is 9. The Bertz CT molecular complexity index is 1410. The van der Waals surface area contributed by atoms with Crippen molar-refractivity contribution in [3.8, 4) is 17.1 Å². The maximum Gasteiger partial charge on any atom is 0.269 e. The van der Waals surface area contributed by atoms with Crippen molar-refractivity contribution in [3.05, 3.63) is 42.7 Å². The molecule has 2 aromatic heterocycles. The second-order valence-electron chi connectivity index (χ2n) is 11.1. The predicted molar refractivity (Wildman–Crippen MR) is 156 cm³/mol. The van der Waals surface area contributed by atoms with Crippen LogP contribution in [0, 0.1) is 0 Å². The second-order valence-corrected chi connectivity index (χ2v) is 11.1. The Morgan fingerprint density at radius 1 is 1.15 bits per heavy atom. The highest BCUT2D eigenvalue weighted by Crippen LogP contribution is 2.37. The number of Topliss-reactive ketones (excluding diaryl/α,β-unsaturated/α-hetero) is 1. The Labute approximate surface area is 240 Å². The van der Waals surface area contributed by atoms with E-state index < -0.39 is 11.6 Å². The second kappa shape index (κ2) is 12.8. The Morgan fingerprint density at radius 2 is 1.98 bits per heavy atom. The molecule has 10 heteroatoms. The lowest BCUT2D eigenvalue weighted by Gasteiger charge is -2.35. The number of unbranched alkanes of at least 4 members (excludes halogenated alkanes) is 2. The first-order valence-corrected chi connectivity index (χ1v) is 14.5. The lowest BCUT2D eigenvalue weighted by Crippen LogP contribution is -2.44. The highest BCUT2D eigenvalue weighted by Gasteiger charge is 2.43. The van der Waals surface area contributed by atoms with E-state index in [1.807, 2.05) is 25.1 Å². The normalized spacial score (nSPS) is 17.3. The van der Waals surface area contributed by atoms with Gasteiger partial charge in [0.15, 0.2) is 5.76 Å². The molecule has 1 spiro atoms. The fourth-order valence-corrected chi connectivity index (χ4v) is 5.51. The van der Waals surface area contributed by atoms with Crippen molar-refractivity contribution in [1.29, 1.82) is 0 Å². The Morgan fingerprint density at radius 3 is 2.76 bits per heavy atom. The number of nitrogens with zero attached hydrogens (tertiary/aromatic N) is 4. The number of oxime groups is 1. The van der Waals surface area contributed by atoms with Crippen LogP contribution in [-0.2, 0) is 14.4 Å². The van der Waals surface area contributed by atoms with Gasteiger partial charge in [-0.15, -0.1) is 0 Å². The Kier molecular flexibility index (Phi) is 8.97. The molecular weight excluding hydrogens is 522 g/mol. The summed E-state index contributed by atoms with van der Waals surface area (Å²) in [5, 5.41) is 9.28. The average Bonchev–Trinajstić information content (AvgIpc) is 3.65. The van der Waals surface area contributed by atoms with E-state index in [0.717, 1.165) is 61.5 Å². The quantitative estimate of drug-likeness (QED) is 0.299. The summed E-state index contributed by atoms with van der Waals surface area (Å²) in [5.41, 5.74) is 0.786. The fourth-order valence-electron chi connectivity index (χ4n) is 5.51. The molecule has 1 amide bonds. The number of amides is 1. The SMILES string of the molecule is CCC(=O)CCCCC[C@H](NC(=O)C1=NOC2(CCN(C)CC2)C1)c1ncc(-c2cc3ccncc3cc2OC)o1. The number of carbonyl (C=O) groups is 2. The van der Waals surface area contributed by atoms with Gasteiger partial charge in [0.2, 0.25) is 5.89 Å². The molecule has 41 heavy (non-hydrogen) atoms. The molecule has 5 rings (SSSR count). The molecule has 2 aliphatic rings. The molecule has 1 fully saturated rings. The maximum absolute atomic E-state index is 13.4. The molecule has 1 N–H and O–H groups in total. The number of pyridine rings is 1. The minimum absolute atomic E-state index is 0.262. The van der Waals surface area contributed by atoms with Gasteiger partial charge in [0.05, 0.1) is 18.9 Å². The monoisotopic (exact) mass is 561 g/mol. The van der Waals surface area contributed by atoms with E-state index in [2.05, 4.69) is 32.4 Å². The number of ether oxygens (including phenoxy) is 1. The number of hydrogen-bond donors (Lipinski definition) is 1. The molecular formula is C31H39N5O5. The third-order valence-corrected chi connectivity index (χ3v) is 8.19. The predicted octanol–water partition coefficient (Wildman–Crippen LogP) is 5.23. The molecule has 0 radical (unpaired) electrons. The van der Waals surface area contributed by atoms with Crippen molar-refractivity contribution >= 4 is 28.2 Å². The summed E-state index contributed by atoms with van der Waals surface area (Å²) < 4.78 is 11.9. The van der Waals surface area contributed by atoms with Crippen molar-refractivity contribution in [1.82, 2.24) is 20.2 Å². The number of piperidine rings is 1. The summed E-state index contributed by atoms with van der Waals surface area (Å²) in [6, 6.07) is 5.40. The number of fused-ring (bicyclic) bond motifs is 1. The van der Waals surface area contributed by atoms with Crippen LogP contribution in [0.2, 0.25) is 0 Å². The number of carbonyl (C=O) groups excluding carboxylic acids is 2. The number of likely N-dealkylation sites (tertiary alicyclic amines) is 1. The third kappa shape index (κ3) is 6.75. The van der Waals surface area contributed by atoms with Crippen LogP contribution in [0.25, 0.3) is 22.1 Å². The minimum Gasteiger partial charge on any atom is -0.496 e. The van der Waals surface area contributed by atoms with Crippen LogP contribution < -0.4 is 10.1 Å². The number of rotatable bonds is 12. The first-order chi connectivity index (χ1) is 19.9. The summed E-state index contributed by atoms with van der Waals surface area (Å²) in [6.07, 6.45) is 11.7. The lowest BCUT2D eigenvalue weighted by molar-refractivity contribution is -0.119. The zero-order chi connectivity index (χ0) is 28.8.